The molecular weight excluding hydrogens is 316 g/mol. The number of nitrogens with zero attached hydrogens (tertiary/aromatic N) is 4. The van der Waals surface area contributed by atoms with Crippen molar-refractivity contribution in [1.82, 2.24) is 19.6 Å². The van der Waals surface area contributed by atoms with E-state index in [1.807, 2.05) is 40.8 Å². The van der Waals surface area contributed by atoms with Crippen LogP contribution in [-0.4, -0.2) is 19.6 Å². The van der Waals surface area contributed by atoms with Crippen molar-refractivity contribution in [3.63, 3.8) is 0 Å². The van der Waals surface area contributed by atoms with E-state index in [9.17, 15) is 0 Å². The number of aromatic nitrogens is 4. The van der Waals surface area contributed by atoms with E-state index < -0.39 is 0 Å². The highest BCUT2D eigenvalue weighted by Gasteiger charge is 2.16. The molecule has 3 heterocycles. The summed E-state index contributed by atoms with van der Waals surface area (Å²) in [5, 5.41) is 11.7. The highest BCUT2D eigenvalue weighted by atomic mass is 32.1. The van der Waals surface area contributed by atoms with E-state index >= 15 is 0 Å². The van der Waals surface area contributed by atoms with Gasteiger partial charge in [-0.15, -0.1) is 21.5 Å². The first-order valence-electron chi connectivity index (χ1n) is 7.63. The lowest BCUT2D eigenvalue weighted by Gasteiger charge is -2.06. The summed E-state index contributed by atoms with van der Waals surface area (Å²) in [6, 6.07) is 20.5. The van der Waals surface area contributed by atoms with E-state index in [4.69, 9.17) is 4.98 Å². The van der Waals surface area contributed by atoms with Crippen molar-refractivity contribution < 1.29 is 0 Å². The van der Waals surface area contributed by atoms with E-state index in [-0.39, 0.29) is 0 Å². The monoisotopic (exact) mass is 328 g/mol. The Labute approximate surface area is 142 Å². The molecule has 0 radical (unpaired) electrons. The number of hydrogen-bond donors (Lipinski definition) is 0. The molecule has 0 amide bonds. The van der Waals surface area contributed by atoms with Crippen molar-refractivity contribution in [3.8, 4) is 22.5 Å². The van der Waals surface area contributed by atoms with Gasteiger partial charge in [-0.05, 0) is 5.56 Å². The maximum atomic E-state index is 4.89. The normalized spacial score (nSPS) is 11.3. The second-order valence-corrected chi connectivity index (χ2v) is 6.38. The number of rotatable bonds is 2. The molecule has 5 aromatic rings. The molecule has 4 nitrogen and oxygen atoms in total. The molecule has 0 N–H and O–H groups in total. The molecule has 0 saturated heterocycles. The fraction of sp³-hybridized carbons (Fsp3) is 0. The van der Waals surface area contributed by atoms with Gasteiger partial charge < -0.3 is 0 Å². The minimum atomic E-state index is 0.846. The van der Waals surface area contributed by atoms with E-state index in [0.717, 1.165) is 32.8 Å². The van der Waals surface area contributed by atoms with Gasteiger partial charge in [0.25, 0.3) is 0 Å². The lowest BCUT2D eigenvalue weighted by Crippen LogP contribution is -1.95. The van der Waals surface area contributed by atoms with Crippen molar-refractivity contribution in [1.29, 1.82) is 0 Å². The molecule has 0 saturated carbocycles. The molecule has 0 unspecified atom stereocenters. The third-order valence-corrected chi connectivity index (χ3v) is 4.97. The first-order chi connectivity index (χ1) is 11.9. The maximum Gasteiger partial charge on any atom is 0.173 e. The molecule has 0 aliphatic carbocycles. The zero-order valence-corrected chi connectivity index (χ0v) is 13.4. The van der Waals surface area contributed by atoms with Crippen LogP contribution in [0.25, 0.3) is 38.4 Å². The molecular formula is C19H12N4S. The van der Waals surface area contributed by atoms with Gasteiger partial charge in [-0.1, -0.05) is 60.7 Å². The number of fused-ring (bicyclic) bond motifs is 3. The third-order valence-electron chi connectivity index (χ3n) is 4.10. The summed E-state index contributed by atoms with van der Waals surface area (Å²) in [4.78, 5) is 5.87. The molecule has 0 atom stereocenters. The van der Waals surface area contributed by atoms with Crippen molar-refractivity contribution in [2.45, 2.75) is 0 Å². The van der Waals surface area contributed by atoms with Crippen LogP contribution in [-0.2, 0) is 0 Å². The summed E-state index contributed by atoms with van der Waals surface area (Å²) in [6.45, 7) is 0. The predicted octanol–water partition coefficient (Wildman–Crippen LogP) is 4.67. The van der Waals surface area contributed by atoms with Gasteiger partial charge in [0.1, 0.15) is 17.0 Å². The second-order valence-electron chi connectivity index (χ2n) is 5.52. The molecule has 5 rings (SSSR count). The zero-order valence-electron chi connectivity index (χ0n) is 12.6. The minimum Gasteiger partial charge on any atom is -0.264 e. The Balaban J connectivity index is 1.86. The summed E-state index contributed by atoms with van der Waals surface area (Å²) in [7, 11) is 0. The van der Waals surface area contributed by atoms with Gasteiger partial charge in [0, 0.05) is 16.5 Å². The van der Waals surface area contributed by atoms with Gasteiger partial charge in [0.2, 0.25) is 0 Å². The molecule has 114 valence electrons. The average Bonchev–Trinajstić information content (AvgIpc) is 3.29. The summed E-state index contributed by atoms with van der Waals surface area (Å²) in [5.41, 5.74) is 4.22. The fourth-order valence-corrected chi connectivity index (χ4v) is 3.92. The molecule has 0 spiro atoms. The molecule has 0 aliphatic heterocycles. The van der Waals surface area contributed by atoms with Crippen LogP contribution in [0.2, 0.25) is 0 Å². The topological polar surface area (TPSA) is 43.1 Å². The SMILES string of the molecule is c1ccc(-c2csc3nc(-c4ccccc4)n4cnnc4c23)cc1. The lowest BCUT2D eigenvalue weighted by molar-refractivity contribution is 1.09. The number of hydrogen-bond acceptors (Lipinski definition) is 4. The molecule has 0 fully saturated rings. The molecule has 0 aliphatic rings. The van der Waals surface area contributed by atoms with Crippen LogP contribution < -0.4 is 0 Å². The van der Waals surface area contributed by atoms with Gasteiger partial charge >= 0.3 is 0 Å². The van der Waals surface area contributed by atoms with Crippen molar-refractivity contribution in [2.75, 3.05) is 0 Å². The molecule has 0 bridgehead atoms. The smallest absolute Gasteiger partial charge is 0.173 e. The minimum absolute atomic E-state index is 0.846. The van der Waals surface area contributed by atoms with E-state index in [1.165, 1.54) is 5.56 Å². The van der Waals surface area contributed by atoms with E-state index in [2.05, 4.69) is 39.8 Å². The van der Waals surface area contributed by atoms with E-state index in [1.54, 1.807) is 17.7 Å². The average molecular weight is 328 g/mol. The first kappa shape index (κ1) is 13.4. The van der Waals surface area contributed by atoms with Gasteiger partial charge in [-0.3, -0.25) is 4.40 Å². The van der Waals surface area contributed by atoms with Crippen LogP contribution in [0.15, 0.2) is 72.4 Å². The Bertz CT molecular complexity index is 1140. The van der Waals surface area contributed by atoms with Crippen LogP contribution in [0.4, 0.5) is 0 Å². The van der Waals surface area contributed by atoms with Crippen LogP contribution in [0.5, 0.6) is 0 Å². The Morgan fingerprint density at radius 2 is 1.54 bits per heavy atom. The maximum absolute atomic E-state index is 4.89. The van der Waals surface area contributed by atoms with Gasteiger partial charge in [-0.25, -0.2) is 4.98 Å². The van der Waals surface area contributed by atoms with Gasteiger partial charge in [0.05, 0.1) is 5.39 Å². The standard InChI is InChI=1S/C19H12N4S/c1-3-7-13(8-4-1)15-11-24-19-16(15)18-22-20-12-23(18)17(21-19)14-9-5-2-6-10-14/h1-12H. The summed E-state index contributed by atoms with van der Waals surface area (Å²) < 4.78 is 1.97. The molecule has 3 aromatic heterocycles. The van der Waals surface area contributed by atoms with Crippen LogP contribution in [0.1, 0.15) is 0 Å². The first-order valence-corrected chi connectivity index (χ1v) is 8.51. The Morgan fingerprint density at radius 3 is 2.29 bits per heavy atom. The quantitative estimate of drug-likeness (QED) is 0.473. The van der Waals surface area contributed by atoms with Crippen molar-refractivity contribution in [2.24, 2.45) is 0 Å². The number of benzene rings is 2. The van der Waals surface area contributed by atoms with Crippen LogP contribution in [0, 0.1) is 0 Å². The predicted molar refractivity (Wildman–Crippen MR) is 97.0 cm³/mol. The van der Waals surface area contributed by atoms with E-state index in [0.29, 0.717) is 0 Å². The van der Waals surface area contributed by atoms with Gasteiger partial charge in [-0.2, -0.15) is 0 Å². The zero-order chi connectivity index (χ0) is 15.9. The van der Waals surface area contributed by atoms with Crippen LogP contribution >= 0.6 is 11.3 Å². The lowest BCUT2D eigenvalue weighted by atomic mass is 10.1. The summed E-state index contributed by atoms with van der Waals surface area (Å²) in [5.74, 6) is 0.865. The Kier molecular flexibility index (Phi) is 2.93. The highest BCUT2D eigenvalue weighted by Crippen LogP contribution is 2.36. The van der Waals surface area contributed by atoms with Crippen molar-refractivity contribution in [3.05, 3.63) is 72.4 Å². The summed E-state index contributed by atoms with van der Waals surface area (Å²) >= 11 is 1.64. The Hall–Kier alpha value is -3.05. The third kappa shape index (κ3) is 1.95. The molecule has 24 heavy (non-hydrogen) atoms. The fourth-order valence-electron chi connectivity index (χ4n) is 2.98. The van der Waals surface area contributed by atoms with Gasteiger partial charge in [0.15, 0.2) is 5.65 Å². The molecule has 5 heteroatoms. The van der Waals surface area contributed by atoms with Crippen molar-refractivity contribution >= 4 is 27.2 Å². The van der Waals surface area contributed by atoms with Crippen LogP contribution in [0.3, 0.4) is 0 Å². The largest absolute Gasteiger partial charge is 0.264 e. The number of thiophene rings is 1. The molecule has 2 aromatic carbocycles. The Morgan fingerprint density at radius 1 is 0.833 bits per heavy atom. The highest BCUT2D eigenvalue weighted by molar-refractivity contribution is 7.17. The summed E-state index contributed by atoms with van der Waals surface area (Å²) in [6.07, 6.45) is 1.73. The second kappa shape index (κ2) is 5.25.